The number of ether oxygens (including phenoxy) is 1. The van der Waals surface area contributed by atoms with E-state index < -0.39 is 0 Å². The number of amides is 1. The van der Waals surface area contributed by atoms with E-state index in [1.165, 1.54) is 30.5 Å². The van der Waals surface area contributed by atoms with E-state index in [1.54, 1.807) is 6.20 Å². The largest absolute Gasteiger partial charge is 0.467 e. The fraction of sp³-hybridized carbons (Fsp3) is 0.333. The Kier molecular flexibility index (Phi) is 4.05. The first-order valence-electron chi connectivity index (χ1n) is 8.33. The summed E-state index contributed by atoms with van der Waals surface area (Å²) in [5.41, 5.74) is 2.71. The lowest BCUT2D eigenvalue weighted by Crippen LogP contribution is -2.38. The number of carbonyl (C=O) groups is 1. The minimum atomic E-state index is -0.0262. The summed E-state index contributed by atoms with van der Waals surface area (Å²) in [6.07, 6.45) is 8.75. The van der Waals surface area contributed by atoms with Crippen LogP contribution in [0.2, 0.25) is 0 Å². The fourth-order valence-electron chi connectivity index (χ4n) is 3.42. The number of carbonyl (C=O) groups excluding carboxylic acids is 1. The third kappa shape index (κ3) is 2.93. The molecule has 0 atom stereocenters. The van der Waals surface area contributed by atoms with Crippen molar-refractivity contribution in [2.45, 2.75) is 18.8 Å². The number of aromatic amines is 1. The van der Waals surface area contributed by atoms with Crippen LogP contribution in [0.4, 0.5) is 0 Å². The number of H-pyrrole nitrogens is 1. The molecule has 1 amide bonds. The molecule has 7 nitrogen and oxygen atoms in total. The summed E-state index contributed by atoms with van der Waals surface area (Å²) in [4.78, 5) is 30.1. The van der Waals surface area contributed by atoms with Crippen LogP contribution in [0.25, 0.3) is 11.0 Å². The van der Waals surface area contributed by atoms with Gasteiger partial charge in [-0.1, -0.05) is 0 Å². The molecular weight excluding hydrogens is 318 g/mol. The highest BCUT2D eigenvalue weighted by molar-refractivity contribution is 5.93. The zero-order valence-corrected chi connectivity index (χ0v) is 14.0. The zero-order valence-electron chi connectivity index (χ0n) is 14.0. The van der Waals surface area contributed by atoms with Crippen molar-refractivity contribution >= 4 is 16.9 Å². The van der Waals surface area contributed by atoms with Crippen LogP contribution in [0.15, 0.2) is 36.9 Å². The second kappa shape index (κ2) is 6.51. The van der Waals surface area contributed by atoms with Gasteiger partial charge in [-0.2, -0.15) is 0 Å². The molecule has 4 heterocycles. The van der Waals surface area contributed by atoms with Crippen molar-refractivity contribution in [3.63, 3.8) is 0 Å². The van der Waals surface area contributed by atoms with Gasteiger partial charge in [-0.15, -0.1) is 0 Å². The predicted octanol–water partition coefficient (Wildman–Crippen LogP) is 2.38. The van der Waals surface area contributed by atoms with E-state index in [-0.39, 0.29) is 11.9 Å². The summed E-state index contributed by atoms with van der Waals surface area (Å²) in [5, 5.41) is 1.18. The number of methoxy groups -OCH3 is 1. The second-order valence-electron chi connectivity index (χ2n) is 6.17. The normalized spacial score (nSPS) is 15.5. The number of hydrogen-bond acceptors (Lipinski definition) is 5. The van der Waals surface area contributed by atoms with Gasteiger partial charge in [0.2, 0.25) is 0 Å². The molecule has 128 valence electrons. The Morgan fingerprint density at radius 1 is 1.24 bits per heavy atom. The van der Waals surface area contributed by atoms with Gasteiger partial charge in [0, 0.05) is 43.3 Å². The SMILES string of the molecule is COc1ncc(C(=O)N2CCC(c3c[nH]c4ncccc34)CC2)cn1. The average molecular weight is 337 g/mol. The van der Waals surface area contributed by atoms with Crippen molar-refractivity contribution in [1.29, 1.82) is 0 Å². The van der Waals surface area contributed by atoms with E-state index in [0.29, 0.717) is 11.5 Å². The Labute approximate surface area is 145 Å². The number of nitrogens with zero attached hydrogens (tertiary/aromatic N) is 4. The first-order valence-corrected chi connectivity index (χ1v) is 8.33. The molecule has 1 saturated heterocycles. The predicted molar refractivity (Wildman–Crippen MR) is 92.6 cm³/mol. The number of likely N-dealkylation sites (tertiary alicyclic amines) is 1. The Morgan fingerprint density at radius 3 is 2.72 bits per heavy atom. The first-order chi connectivity index (χ1) is 12.3. The monoisotopic (exact) mass is 337 g/mol. The molecule has 1 aliphatic rings. The molecule has 4 rings (SSSR count). The molecule has 0 bridgehead atoms. The third-order valence-electron chi connectivity index (χ3n) is 4.76. The minimum absolute atomic E-state index is 0.0262. The second-order valence-corrected chi connectivity index (χ2v) is 6.17. The van der Waals surface area contributed by atoms with Gasteiger partial charge in [0.15, 0.2) is 0 Å². The molecule has 0 aliphatic carbocycles. The van der Waals surface area contributed by atoms with Crippen molar-refractivity contribution in [3.8, 4) is 6.01 Å². The molecular formula is C18H19N5O2. The Morgan fingerprint density at radius 2 is 2.00 bits per heavy atom. The number of piperidine rings is 1. The molecule has 0 aromatic carbocycles. The van der Waals surface area contributed by atoms with Crippen molar-refractivity contribution in [3.05, 3.63) is 48.0 Å². The van der Waals surface area contributed by atoms with Gasteiger partial charge >= 0.3 is 6.01 Å². The summed E-state index contributed by atoms with van der Waals surface area (Å²) in [6, 6.07) is 4.32. The smallest absolute Gasteiger partial charge is 0.316 e. The van der Waals surface area contributed by atoms with Gasteiger partial charge in [0.05, 0.1) is 12.7 Å². The summed E-state index contributed by atoms with van der Waals surface area (Å²) in [7, 11) is 1.50. The first kappa shape index (κ1) is 15.6. The van der Waals surface area contributed by atoms with Gasteiger partial charge in [-0.25, -0.2) is 15.0 Å². The number of pyridine rings is 1. The third-order valence-corrected chi connectivity index (χ3v) is 4.76. The van der Waals surface area contributed by atoms with Crippen molar-refractivity contribution in [2.75, 3.05) is 20.2 Å². The maximum absolute atomic E-state index is 12.6. The fourth-order valence-corrected chi connectivity index (χ4v) is 3.42. The van der Waals surface area contributed by atoms with Gasteiger partial charge in [-0.05, 0) is 36.5 Å². The number of hydrogen-bond donors (Lipinski definition) is 1. The molecule has 0 spiro atoms. The molecule has 7 heteroatoms. The van der Waals surface area contributed by atoms with E-state index in [1.807, 2.05) is 11.0 Å². The molecule has 25 heavy (non-hydrogen) atoms. The Balaban J connectivity index is 1.44. The van der Waals surface area contributed by atoms with Crippen LogP contribution in [-0.2, 0) is 0 Å². The van der Waals surface area contributed by atoms with Crippen molar-refractivity contribution in [1.82, 2.24) is 24.8 Å². The molecule has 3 aromatic rings. The number of rotatable bonds is 3. The molecule has 0 saturated carbocycles. The van der Waals surface area contributed by atoms with E-state index in [9.17, 15) is 4.79 Å². The van der Waals surface area contributed by atoms with Crippen molar-refractivity contribution < 1.29 is 9.53 Å². The summed E-state index contributed by atoms with van der Waals surface area (Å²) >= 11 is 0. The topological polar surface area (TPSA) is 84.0 Å². The van der Waals surface area contributed by atoms with Crippen LogP contribution in [0.5, 0.6) is 6.01 Å². The number of fused-ring (bicyclic) bond motifs is 1. The van der Waals surface area contributed by atoms with E-state index in [2.05, 4.69) is 32.2 Å². The van der Waals surface area contributed by atoms with Crippen LogP contribution < -0.4 is 4.74 Å². The summed E-state index contributed by atoms with van der Waals surface area (Å²) < 4.78 is 4.93. The van der Waals surface area contributed by atoms with E-state index in [0.717, 1.165) is 31.6 Å². The molecule has 1 aliphatic heterocycles. The molecule has 0 unspecified atom stereocenters. The van der Waals surface area contributed by atoms with Crippen LogP contribution in [0.3, 0.4) is 0 Å². The van der Waals surface area contributed by atoms with Crippen LogP contribution in [0.1, 0.15) is 34.7 Å². The number of aromatic nitrogens is 4. The highest BCUT2D eigenvalue weighted by Crippen LogP contribution is 2.32. The van der Waals surface area contributed by atoms with Gasteiger partial charge in [0.25, 0.3) is 5.91 Å². The lowest BCUT2D eigenvalue weighted by molar-refractivity contribution is 0.0712. The standard InChI is InChI=1S/C18H19N5O2/c1-25-18-21-9-13(10-22-18)17(24)23-7-4-12(5-8-23)15-11-20-16-14(15)3-2-6-19-16/h2-3,6,9-12H,4-5,7-8H2,1H3,(H,19,20). The maximum Gasteiger partial charge on any atom is 0.316 e. The maximum atomic E-state index is 12.6. The Hall–Kier alpha value is -2.96. The highest BCUT2D eigenvalue weighted by Gasteiger charge is 2.26. The minimum Gasteiger partial charge on any atom is -0.467 e. The van der Waals surface area contributed by atoms with Gasteiger partial charge in [-0.3, -0.25) is 4.79 Å². The molecule has 1 N–H and O–H groups in total. The quantitative estimate of drug-likeness (QED) is 0.793. The van der Waals surface area contributed by atoms with E-state index in [4.69, 9.17) is 4.74 Å². The lowest BCUT2D eigenvalue weighted by atomic mass is 9.89. The number of nitrogens with one attached hydrogen (secondary N) is 1. The lowest BCUT2D eigenvalue weighted by Gasteiger charge is -2.32. The van der Waals surface area contributed by atoms with Crippen LogP contribution in [-0.4, -0.2) is 50.9 Å². The molecule has 1 fully saturated rings. The van der Waals surface area contributed by atoms with Crippen LogP contribution in [0, 0.1) is 0 Å². The highest BCUT2D eigenvalue weighted by atomic mass is 16.5. The Bertz CT molecular complexity index is 882. The molecule has 0 radical (unpaired) electrons. The summed E-state index contributed by atoms with van der Waals surface area (Å²) in [6.45, 7) is 1.45. The van der Waals surface area contributed by atoms with Crippen molar-refractivity contribution in [2.24, 2.45) is 0 Å². The average Bonchev–Trinajstić information content (AvgIpc) is 3.12. The van der Waals surface area contributed by atoms with E-state index >= 15 is 0 Å². The molecule has 3 aromatic heterocycles. The van der Waals surface area contributed by atoms with Gasteiger partial charge in [0.1, 0.15) is 5.65 Å². The van der Waals surface area contributed by atoms with Crippen LogP contribution >= 0.6 is 0 Å². The summed E-state index contributed by atoms with van der Waals surface area (Å²) in [5.74, 6) is 0.413. The zero-order chi connectivity index (χ0) is 17.2. The van der Waals surface area contributed by atoms with Gasteiger partial charge < -0.3 is 14.6 Å².